The third-order valence-corrected chi connectivity index (χ3v) is 6.54. The molecule has 2 aromatic rings. The Morgan fingerprint density at radius 3 is 2.69 bits per heavy atom. The van der Waals surface area contributed by atoms with Gasteiger partial charge in [-0.15, -0.1) is 11.3 Å². The first-order valence-electron chi connectivity index (χ1n) is 10.0. The van der Waals surface area contributed by atoms with Gasteiger partial charge in [-0.1, -0.05) is 6.07 Å². The van der Waals surface area contributed by atoms with Gasteiger partial charge in [-0.2, -0.15) is 13.2 Å². The molecule has 2 aliphatic rings. The van der Waals surface area contributed by atoms with Crippen molar-refractivity contribution in [3.8, 4) is 0 Å². The minimum Gasteiger partial charge on any atom is -0.386 e. The van der Waals surface area contributed by atoms with E-state index in [1.807, 2.05) is 4.90 Å². The summed E-state index contributed by atoms with van der Waals surface area (Å²) in [6.45, 7) is 1.48. The number of halogens is 4. The normalized spacial score (nSPS) is 19.0. The first-order chi connectivity index (χ1) is 15.2. The Hall–Kier alpha value is -2.37. The van der Waals surface area contributed by atoms with Crippen LogP contribution in [0.15, 0.2) is 29.1 Å². The Morgan fingerprint density at radius 2 is 2.03 bits per heavy atom. The highest BCUT2D eigenvalue weighted by Crippen LogP contribution is 2.44. The molecule has 0 saturated carbocycles. The van der Waals surface area contributed by atoms with Crippen LogP contribution in [0.2, 0.25) is 0 Å². The molecule has 32 heavy (non-hydrogen) atoms. The lowest BCUT2D eigenvalue weighted by Crippen LogP contribution is -2.46. The molecule has 1 saturated heterocycles. The number of ether oxygens (including phenoxy) is 2. The first kappa shape index (κ1) is 22.8. The summed E-state index contributed by atoms with van der Waals surface area (Å²) in [6.07, 6.45) is -4.00. The van der Waals surface area contributed by atoms with Gasteiger partial charge in [0.05, 0.1) is 29.3 Å². The smallest absolute Gasteiger partial charge is 0.386 e. The number of fused-ring (bicyclic) bond motifs is 2. The first-order valence-corrected chi connectivity index (χ1v) is 11.0. The molecule has 1 aromatic carbocycles. The van der Waals surface area contributed by atoms with Gasteiger partial charge in [-0.3, -0.25) is 4.79 Å². The van der Waals surface area contributed by atoms with Gasteiger partial charge in [0.15, 0.2) is 0 Å². The molecule has 1 aromatic heterocycles. The summed E-state index contributed by atoms with van der Waals surface area (Å²) in [7, 11) is 0. The van der Waals surface area contributed by atoms with E-state index >= 15 is 0 Å². The molecule has 11 heteroatoms. The van der Waals surface area contributed by atoms with Crippen molar-refractivity contribution in [2.45, 2.75) is 37.6 Å². The van der Waals surface area contributed by atoms with Gasteiger partial charge in [0.25, 0.3) is 0 Å². The highest BCUT2D eigenvalue weighted by Gasteiger charge is 2.45. The standard InChI is InChI=1S/C21H20F4N2O4S/c22-15-1-2-17-14(7-15)10-30-20(17)3-5-27(6-4-20)9-13(8-16-11-32-12-26-16)18(28)31-19(29)21(23,24)25/h1-2,7,11-13H,3-6,8-10H2. The number of hydrogen-bond acceptors (Lipinski definition) is 7. The minimum atomic E-state index is -5.25. The van der Waals surface area contributed by atoms with Crippen molar-refractivity contribution < 1.29 is 36.6 Å². The lowest BCUT2D eigenvalue weighted by atomic mass is 9.83. The SMILES string of the molecule is O=C(OC(=O)C(F)(F)F)C(Cc1cscn1)CN1CCC2(CC1)OCc1cc(F)ccc12. The number of likely N-dealkylation sites (tertiary alicyclic amines) is 1. The number of benzene rings is 1. The van der Waals surface area contributed by atoms with Gasteiger partial charge in [-0.05, 0) is 36.1 Å². The summed E-state index contributed by atoms with van der Waals surface area (Å²) < 4.78 is 61.3. The van der Waals surface area contributed by atoms with E-state index in [0.29, 0.717) is 38.2 Å². The molecule has 0 radical (unpaired) electrons. The number of aromatic nitrogens is 1. The molecule has 0 N–H and O–H groups in total. The van der Waals surface area contributed by atoms with Crippen LogP contribution in [0.4, 0.5) is 17.6 Å². The van der Waals surface area contributed by atoms with E-state index in [0.717, 1.165) is 11.1 Å². The second-order valence-corrected chi connectivity index (χ2v) is 8.69. The Bertz CT molecular complexity index is 988. The predicted octanol–water partition coefficient (Wildman–Crippen LogP) is 3.59. The second-order valence-electron chi connectivity index (χ2n) is 7.97. The summed E-state index contributed by atoms with van der Waals surface area (Å²) >= 11 is 1.30. The molecule has 1 spiro atoms. The highest BCUT2D eigenvalue weighted by atomic mass is 32.1. The van der Waals surface area contributed by atoms with Crippen LogP contribution in [0.5, 0.6) is 0 Å². The quantitative estimate of drug-likeness (QED) is 0.376. The predicted molar refractivity (Wildman–Crippen MR) is 105 cm³/mol. The zero-order valence-corrected chi connectivity index (χ0v) is 17.7. The maximum atomic E-state index is 13.5. The van der Waals surface area contributed by atoms with Crippen LogP contribution in [0.1, 0.15) is 29.7 Å². The van der Waals surface area contributed by atoms with Crippen LogP contribution in [-0.4, -0.2) is 47.6 Å². The van der Waals surface area contributed by atoms with Crippen LogP contribution in [0.3, 0.4) is 0 Å². The number of nitrogens with zero attached hydrogens (tertiary/aromatic N) is 2. The molecule has 1 unspecified atom stereocenters. The number of rotatable bonds is 5. The number of thiazole rings is 1. The Morgan fingerprint density at radius 1 is 1.28 bits per heavy atom. The molecule has 0 amide bonds. The van der Waals surface area contributed by atoms with Crippen LogP contribution in [0.25, 0.3) is 0 Å². The van der Waals surface area contributed by atoms with Crippen LogP contribution < -0.4 is 0 Å². The van der Waals surface area contributed by atoms with E-state index in [2.05, 4.69) is 9.72 Å². The number of carbonyl (C=O) groups excluding carboxylic acids is 2. The van der Waals surface area contributed by atoms with Crippen LogP contribution in [-0.2, 0) is 37.7 Å². The Labute approximate surface area is 185 Å². The Kier molecular flexibility index (Phi) is 6.33. The number of alkyl halides is 3. The van der Waals surface area contributed by atoms with E-state index in [-0.39, 0.29) is 18.8 Å². The largest absolute Gasteiger partial charge is 0.491 e. The number of esters is 2. The Balaban J connectivity index is 1.42. The molecular formula is C21H20F4N2O4S. The van der Waals surface area contributed by atoms with E-state index in [9.17, 15) is 27.2 Å². The topological polar surface area (TPSA) is 68.7 Å². The zero-order valence-electron chi connectivity index (χ0n) is 16.9. The van der Waals surface area contributed by atoms with Gasteiger partial charge in [-0.25, -0.2) is 14.2 Å². The fraction of sp³-hybridized carbons (Fsp3) is 0.476. The highest BCUT2D eigenvalue weighted by molar-refractivity contribution is 7.07. The van der Waals surface area contributed by atoms with Crippen LogP contribution in [0, 0.1) is 11.7 Å². The minimum absolute atomic E-state index is 0.0632. The van der Waals surface area contributed by atoms with Crippen molar-refractivity contribution in [3.63, 3.8) is 0 Å². The molecule has 0 bridgehead atoms. The van der Waals surface area contributed by atoms with Crippen molar-refractivity contribution in [3.05, 3.63) is 51.7 Å². The summed E-state index contributed by atoms with van der Waals surface area (Å²) in [5.74, 6) is -5.05. The van der Waals surface area contributed by atoms with E-state index in [4.69, 9.17) is 4.74 Å². The monoisotopic (exact) mass is 472 g/mol. The zero-order chi connectivity index (χ0) is 22.9. The maximum Gasteiger partial charge on any atom is 0.491 e. The number of carbonyl (C=O) groups is 2. The molecule has 1 atom stereocenters. The van der Waals surface area contributed by atoms with Crippen molar-refractivity contribution >= 4 is 23.3 Å². The van der Waals surface area contributed by atoms with Crippen molar-refractivity contribution in [1.29, 1.82) is 0 Å². The maximum absolute atomic E-state index is 13.5. The fourth-order valence-electron chi connectivity index (χ4n) is 4.29. The van der Waals surface area contributed by atoms with Crippen molar-refractivity contribution in [1.82, 2.24) is 9.88 Å². The lowest BCUT2D eigenvalue weighted by molar-refractivity contribution is -0.203. The van der Waals surface area contributed by atoms with Gasteiger partial charge in [0.2, 0.25) is 0 Å². The number of piperidine rings is 1. The average molecular weight is 472 g/mol. The van der Waals surface area contributed by atoms with E-state index in [1.54, 1.807) is 17.0 Å². The van der Waals surface area contributed by atoms with Gasteiger partial charge >= 0.3 is 18.1 Å². The molecule has 0 aliphatic carbocycles. The molecular weight excluding hydrogens is 452 g/mol. The van der Waals surface area contributed by atoms with Gasteiger partial charge < -0.3 is 14.4 Å². The summed E-state index contributed by atoms with van der Waals surface area (Å²) in [5.41, 5.74) is 3.33. The third-order valence-electron chi connectivity index (χ3n) is 5.90. The molecule has 1 fully saturated rings. The fourth-order valence-corrected chi connectivity index (χ4v) is 4.86. The molecule has 6 nitrogen and oxygen atoms in total. The second kappa shape index (κ2) is 8.87. The van der Waals surface area contributed by atoms with Gasteiger partial charge in [0, 0.05) is 31.4 Å². The van der Waals surface area contributed by atoms with Crippen molar-refractivity contribution in [2.24, 2.45) is 5.92 Å². The van der Waals surface area contributed by atoms with E-state index < -0.39 is 29.6 Å². The van der Waals surface area contributed by atoms with Gasteiger partial charge in [0.1, 0.15) is 5.82 Å². The molecule has 4 rings (SSSR count). The average Bonchev–Trinajstić information content (AvgIpc) is 3.37. The summed E-state index contributed by atoms with van der Waals surface area (Å²) in [4.78, 5) is 29.6. The lowest BCUT2D eigenvalue weighted by Gasteiger charge is -2.40. The van der Waals surface area contributed by atoms with Crippen molar-refractivity contribution in [2.75, 3.05) is 19.6 Å². The summed E-state index contributed by atoms with van der Waals surface area (Å²) in [6, 6.07) is 4.60. The summed E-state index contributed by atoms with van der Waals surface area (Å²) in [5, 5.41) is 1.69. The molecule has 3 heterocycles. The molecule has 172 valence electrons. The van der Waals surface area contributed by atoms with Crippen LogP contribution >= 0.6 is 11.3 Å². The van der Waals surface area contributed by atoms with E-state index in [1.165, 1.54) is 23.5 Å². The third kappa shape index (κ3) is 4.84. The molecule has 2 aliphatic heterocycles. The number of hydrogen-bond donors (Lipinski definition) is 0.